The van der Waals surface area contributed by atoms with E-state index in [0.29, 0.717) is 17.9 Å². The molecule has 0 bridgehead atoms. The van der Waals surface area contributed by atoms with Gasteiger partial charge in [0.2, 0.25) is 5.28 Å². The monoisotopic (exact) mass is 270 g/mol. The minimum atomic E-state index is -0.231. The molecular weight excluding hydrogens is 256 g/mol. The number of methoxy groups -OCH3 is 1. The molecule has 1 aromatic heterocycles. The average molecular weight is 271 g/mol. The van der Waals surface area contributed by atoms with E-state index >= 15 is 0 Å². The lowest BCUT2D eigenvalue weighted by Crippen LogP contribution is -2.33. The zero-order chi connectivity index (χ0) is 13.1. The van der Waals surface area contributed by atoms with Crippen molar-refractivity contribution >= 4 is 29.1 Å². The number of hydrogen-bond acceptors (Lipinski definition) is 6. The second-order valence-corrected chi connectivity index (χ2v) is 4.53. The molecule has 2 heterocycles. The van der Waals surface area contributed by atoms with E-state index < -0.39 is 0 Å². The smallest absolute Gasteiger partial charge is 0.307 e. The standard InChI is InChI=1S/C11H15ClN4O2/c1-18-9(17)5-7-3-2-4-16(7)10-8(13)6-14-11(12)15-10/h6-7H,2-5,13H2,1H3. The first-order valence-corrected chi connectivity index (χ1v) is 6.11. The number of anilines is 2. The van der Waals surface area contributed by atoms with Crippen molar-refractivity contribution in [3.8, 4) is 0 Å². The molecule has 1 fully saturated rings. The number of esters is 1. The lowest BCUT2D eigenvalue weighted by molar-refractivity contribution is -0.140. The summed E-state index contributed by atoms with van der Waals surface area (Å²) in [5.41, 5.74) is 6.32. The molecule has 0 aromatic carbocycles. The van der Waals surface area contributed by atoms with Crippen LogP contribution in [-0.4, -0.2) is 35.6 Å². The molecule has 1 unspecified atom stereocenters. The summed E-state index contributed by atoms with van der Waals surface area (Å²) < 4.78 is 4.69. The number of carbonyl (C=O) groups is 1. The molecule has 0 saturated carbocycles. The fourth-order valence-electron chi connectivity index (χ4n) is 2.19. The Kier molecular flexibility index (Phi) is 3.86. The van der Waals surface area contributed by atoms with E-state index in [1.165, 1.54) is 13.3 Å². The molecular formula is C11H15ClN4O2. The van der Waals surface area contributed by atoms with Crippen molar-refractivity contribution < 1.29 is 9.53 Å². The van der Waals surface area contributed by atoms with Crippen LogP contribution in [0, 0.1) is 0 Å². The zero-order valence-electron chi connectivity index (χ0n) is 10.1. The van der Waals surface area contributed by atoms with Gasteiger partial charge in [0.15, 0.2) is 5.82 Å². The van der Waals surface area contributed by atoms with Crippen molar-refractivity contribution in [1.29, 1.82) is 0 Å². The molecule has 1 aromatic rings. The van der Waals surface area contributed by atoms with Gasteiger partial charge in [-0.05, 0) is 24.4 Å². The molecule has 98 valence electrons. The largest absolute Gasteiger partial charge is 0.469 e. The maximum absolute atomic E-state index is 11.4. The number of halogens is 1. The number of hydrogen-bond donors (Lipinski definition) is 1. The SMILES string of the molecule is COC(=O)CC1CCCN1c1nc(Cl)ncc1N. The minimum Gasteiger partial charge on any atom is -0.469 e. The highest BCUT2D eigenvalue weighted by Gasteiger charge is 2.29. The molecule has 1 saturated heterocycles. The van der Waals surface area contributed by atoms with Crippen LogP contribution in [0.2, 0.25) is 5.28 Å². The van der Waals surface area contributed by atoms with Gasteiger partial charge in [-0.1, -0.05) is 0 Å². The number of nitrogen functional groups attached to an aromatic ring is 1. The molecule has 0 aliphatic carbocycles. The third kappa shape index (κ3) is 2.64. The van der Waals surface area contributed by atoms with Crippen LogP contribution in [0.5, 0.6) is 0 Å². The Morgan fingerprint density at radius 2 is 2.50 bits per heavy atom. The highest BCUT2D eigenvalue weighted by atomic mass is 35.5. The van der Waals surface area contributed by atoms with Gasteiger partial charge < -0.3 is 15.4 Å². The van der Waals surface area contributed by atoms with E-state index in [0.717, 1.165) is 19.4 Å². The number of nitrogens with two attached hydrogens (primary N) is 1. The normalized spacial score (nSPS) is 19.0. The fraction of sp³-hybridized carbons (Fsp3) is 0.545. The van der Waals surface area contributed by atoms with Crippen molar-refractivity contribution in [3.63, 3.8) is 0 Å². The van der Waals surface area contributed by atoms with Crippen LogP contribution in [-0.2, 0) is 9.53 Å². The molecule has 1 atom stereocenters. The summed E-state index contributed by atoms with van der Waals surface area (Å²) in [6.07, 6.45) is 3.72. The molecule has 0 amide bonds. The Hall–Kier alpha value is -1.56. The summed E-state index contributed by atoms with van der Waals surface area (Å²) in [7, 11) is 1.39. The first-order valence-electron chi connectivity index (χ1n) is 5.73. The van der Waals surface area contributed by atoms with Crippen molar-refractivity contribution in [2.75, 3.05) is 24.3 Å². The van der Waals surface area contributed by atoms with Gasteiger partial charge in [-0.2, -0.15) is 4.98 Å². The summed E-state index contributed by atoms with van der Waals surface area (Å²) >= 11 is 5.78. The average Bonchev–Trinajstić information content (AvgIpc) is 2.80. The van der Waals surface area contributed by atoms with Gasteiger partial charge in [0, 0.05) is 12.6 Å². The summed E-state index contributed by atoms with van der Waals surface area (Å²) in [5.74, 6) is 0.368. The van der Waals surface area contributed by atoms with Crippen LogP contribution in [0.25, 0.3) is 0 Å². The van der Waals surface area contributed by atoms with Crippen molar-refractivity contribution in [1.82, 2.24) is 9.97 Å². The summed E-state index contributed by atoms with van der Waals surface area (Å²) in [6, 6.07) is 0.0608. The zero-order valence-corrected chi connectivity index (χ0v) is 10.9. The molecule has 1 aliphatic rings. The molecule has 18 heavy (non-hydrogen) atoms. The number of carbonyl (C=O) groups excluding carboxylic acids is 1. The topological polar surface area (TPSA) is 81.3 Å². The van der Waals surface area contributed by atoms with Crippen LogP contribution in [0.3, 0.4) is 0 Å². The summed E-state index contributed by atoms with van der Waals surface area (Å²) in [4.78, 5) is 21.3. The van der Waals surface area contributed by atoms with Crippen LogP contribution in [0.15, 0.2) is 6.20 Å². The van der Waals surface area contributed by atoms with Crippen molar-refractivity contribution in [3.05, 3.63) is 11.5 Å². The Balaban J connectivity index is 2.20. The van der Waals surface area contributed by atoms with Gasteiger partial charge in [0.1, 0.15) is 0 Å². The van der Waals surface area contributed by atoms with Gasteiger partial charge >= 0.3 is 5.97 Å². The van der Waals surface area contributed by atoms with Crippen molar-refractivity contribution in [2.24, 2.45) is 0 Å². The Morgan fingerprint density at radius 1 is 1.72 bits per heavy atom. The molecule has 6 nitrogen and oxygen atoms in total. The first kappa shape index (κ1) is 12.9. The van der Waals surface area contributed by atoms with Gasteiger partial charge in [-0.3, -0.25) is 4.79 Å². The van der Waals surface area contributed by atoms with Gasteiger partial charge in [-0.15, -0.1) is 0 Å². The van der Waals surface area contributed by atoms with Gasteiger partial charge in [-0.25, -0.2) is 4.98 Å². The highest BCUT2D eigenvalue weighted by Crippen LogP contribution is 2.30. The lowest BCUT2D eigenvalue weighted by atomic mass is 10.1. The van der Waals surface area contributed by atoms with Gasteiger partial charge in [0.05, 0.1) is 25.4 Å². The van der Waals surface area contributed by atoms with E-state index in [4.69, 9.17) is 22.1 Å². The summed E-state index contributed by atoms with van der Waals surface area (Å²) in [6.45, 7) is 0.805. The number of ether oxygens (including phenoxy) is 1. The predicted molar refractivity (Wildman–Crippen MR) is 68.5 cm³/mol. The first-order chi connectivity index (χ1) is 8.61. The maximum atomic E-state index is 11.4. The molecule has 2 rings (SSSR count). The van der Waals surface area contributed by atoms with E-state index in [1.807, 2.05) is 4.90 Å². The van der Waals surface area contributed by atoms with E-state index in [2.05, 4.69) is 9.97 Å². The molecule has 7 heteroatoms. The van der Waals surface area contributed by atoms with Crippen LogP contribution in [0.1, 0.15) is 19.3 Å². The number of rotatable bonds is 3. The fourth-order valence-corrected chi connectivity index (χ4v) is 2.32. The Labute approximate surface area is 110 Å². The number of aromatic nitrogens is 2. The quantitative estimate of drug-likeness (QED) is 0.657. The predicted octanol–water partition coefficient (Wildman–Crippen LogP) is 1.24. The third-order valence-electron chi connectivity index (χ3n) is 3.05. The Bertz CT molecular complexity index is 455. The lowest BCUT2D eigenvalue weighted by Gasteiger charge is -2.25. The molecule has 0 radical (unpaired) electrons. The van der Waals surface area contributed by atoms with Gasteiger partial charge in [0.25, 0.3) is 0 Å². The summed E-state index contributed by atoms with van der Waals surface area (Å²) in [5, 5.41) is 0.155. The molecule has 1 aliphatic heterocycles. The third-order valence-corrected chi connectivity index (χ3v) is 3.23. The molecule has 2 N–H and O–H groups in total. The van der Waals surface area contributed by atoms with Crippen LogP contribution < -0.4 is 10.6 Å². The maximum Gasteiger partial charge on any atom is 0.307 e. The van der Waals surface area contributed by atoms with E-state index in [9.17, 15) is 4.79 Å². The number of nitrogens with zero attached hydrogens (tertiary/aromatic N) is 3. The van der Waals surface area contributed by atoms with Crippen LogP contribution >= 0.6 is 11.6 Å². The van der Waals surface area contributed by atoms with E-state index in [-0.39, 0.29) is 17.3 Å². The van der Waals surface area contributed by atoms with E-state index in [1.54, 1.807) is 0 Å². The minimum absolute atomic E-state index is 0.0608. The second-order valence-electron chi connectivity index (χ2n) is 4.19. The van der Waals surface area contributed by atoms with Crippen LogP contribution in [0.4, 0.5) is 11.5 Å². The highest BCUT2D eigenvalue weighted by molar-refractivity contribution is 6.28. The molecule has 0 spiro atoms. The van der Waals surface area contributed by atoms with Crippen molar-refractivity contribution in [2.45, 2.75) is 25.3 Å². The Morgan fingerprint density at radius 3 is 3.22 bits per heavy atom. The second kappa shape index (κ2) is 5.39.